The second-order valence-corrected chi connectivity index (χ2v) is 6.38. The smallest absolute Gasteiger partial charge is 0.0358 e. The van der Waals surface area contributed by atoms with E-state index in [-0.39, 0.29) is 0 Å². The van der Waals surface area contributed by atoms with Gasteiger partial charge in [-0.2, -0.15) is 0 Å². The van der Waals surface area contributed by atoms with Gasteiger partial charge in [-0.3, -0.25) is 0 Å². The molecule has 0 spiro atoms. The summed E-state index contributed by atoms with van der Waals surface area (Å²) in [6.07, 6.45) is 1.01. The maximum Gasteiger partial charge on any atom is 0.0358 e. The Bertz CT molecular complexity index is 493. The van der Waals surface area contributed by atoms with Gasteiger partial charge in [-0.25, -0.2) is 0 Å². The van der Waals surface area contributed by atoms with E-state index in [4.69, 9.17) is 0 Å². The molecule has 0 heterocycles. The summed E-state index contributed by atoms with van der Waals surface area (Å²) in [7, 11) is 2.01. The number of hydrogen-bond donors (Lipinski definition) is 1. The standard InChI is InChI=1S/C15H15BrIN/c1-18-15(12-4-6-13(16)7-5-12)10-11-2-8-14(17)9-3-11/h2-9,15,18H,10H2,1H3. The van der Waals surface area contributed by atoms with Gasteiger partial charge in [0, 0.05) is 14.1 Å². The predicted molar refractivity (Wildman–Crippen MR) is 88.8 cm³/mol. The highest BCUT2D eigenvalue weighted by atomic mass is 127. The summed E-state index contributed by atoms with van der Waals surface area (Å²) in [6, 6.07) is 17.6. The van der Waals surface area contributed by atoms with Crippen LogP contribution in [0.3, 0.4) is 0 Å². The molecule has 18 heavy (non-hydrogen) atoms. The van der Waals surface area contributed by atoms with Crippen LogP contribution in [0.5, 0.6) is 0 Å². The molecule has 94 valence electrons. The third kappa shape index (κ3) is 3.80. The van der Waals surface area contributed by atoms with E-state index in [1.165, 1.54) is 14.7 Å². The summed E-state index contributed by atoms with van der Waals surface area (Å²) in [5.74, 6) is 0. The number of hydrogen-bond acceptors (Lipinski definition) is 1. The zero-order valence-corrected chi connectivity index (χ0v) is 13.9. The predicted octanol–water partition coefficient (Wildman–Crippen LogP) is 4.56. The Balaban J connectivity index is 2.14. The van der Waals surface area contributed by atoms with Gasteiger partial charge in [0.1, 0.15) is 0 Å². The van der Waals surface area contributed by atoms with Gasteiger partial charge in [-0.05, 0) is 71.5 Å². The molecule has 0 aliphatic carbocycles. The molecule has 3 heteroatoms. The van der Waals surface area contributed by atoms with Crippen molar-refractivity contribution in [1.82, 2.24) is 5.32 Å². The quantitative estimate of drug-likeness (QED) is 0.722. The van der Waals surface area contributed by atoms with E-state index in [0.717, 1.165) is 10.9 Å². The molecule has 0 aliphatic rings. The molecule has 2 aromatic rings. The number of halogens is 2. The first-order chi connectivity index (χ1) is 8.69. The summed E-state index contributed by atoms with van der Waals surface area (Å²) in [5, 5.41) is 3.38. The molecule has 0 radical (unpaired) electrons. The lowest BCUT2D eigenvalue weighted by atomic mass is 9.99. The van der Waals surface area contributed by atoms with Gasteiger partial charge < -0.3 is 5.32 Å². The van der Waals surface area contributed by atoms with Gasteiger partial charge in [0.25, 0.3) is 0 Å². The highest BCUT2D eigenvalue weighted by Crippen LogP contribution is 2.21. The van der Waals surface area contributed by atoms with Crippen LogP contribution in [0.25, 0.3) is 0 Å². The molecule has 2 rings (SSSR count). The molecule has 1 N–H and O–H groups in total. The van der Waals surface area contributed by atoms with Crippen molar-refractivity contribution in [2.75, 3.05) is 7.05 Å². The largest absolute Gasteiger partial charge is 0.313 e. The molecule has 1 atom stereocenters. The van der Waals surface area contributed by atoms with Gasteiger partial charge >= 0.3 is 0 Å². The van der Waals surface area contributed by atoms with E-state index >= 15 is 0 Å². The summed E-state index contributed by atoms with van der Waals surface area (Å²) in [4.78, 5) is 0. The van der Waals surface area contributed by atoms with Crippen molar-refractivity contribution in [3.05, 3.63) is 67.7 Å². The summed E-state index contributed by atoms with van der Waals surface area (Å²) >= 11 is 5.80. The molecular formula is C15H15BrIN. The fraction of sp³-hybridized carbons (Fsp3) is 0.200. The van der Waals surface area contributed by atoms with Crippen LogP contribution in [0, 0.1) is 3.57 Å². The monoisotopic (exact) mass is 415 g/mol. The molecule has 2 aromatic carbocycles. The third-order valence-electron chi connectivity index (χ3n) is 2.97. The van der Waals surface area contributed by atoms with Crippen LogP contribution in [0.1, 0.15) is 17.2 Å². The Morgan fingerprint density at radius 2 is 1.67 bits per heavy atom. The van der Waals surface area contributed by atoms with Gasteiger partial charge in [0.05, 0.1) is 0 Å². The third-order valence-corrected chi connectivity index (χ3v) is 4.22. The topological polar surface area (TPSA) is 12.0 Å². The second kappa shape index (κ2) is 6.68. The molecular weight excluding hydrogens is 401 g/mol. The van der Waals surface area contributed by atoms with Crippen LogP contribution in [-0.2, 0) is 6.42 Å². The molecule has 1 nitrogen and oxygen atoms in total. The van der Waals surface area contributed by atoms with Gasteiger partial charge in [0.15, 0.2) is 0 Å². The van der Waals surface area contributed by atoms with E-state index in [1.54, 1.807) is 0 Å². The molecule has 0 amide bonds. The Hall–Kier alpha value is -0.390. The van der Waals surface area contributed by atoms with E-state index in [0.29, 0.717) is 6.04 Å². The Kier molecular flexibility index (Phi) is 5.21. The van der Waals surface area contributed by atoms with Crippen molar-refractivity contribution in [2.45, 2.75) is 12.5 Å². The van der Waals surface area contributed by atoms with Gasteiger partial charge in [-0.15, -0.1) is 0 Å². The molecule has 1 unspecified atom stereocenters. The first kappa shape index (κ1) is 14.0. The van der Waals surface area contributed by atoms with Crippen molar-refractivity contribution >= 4 is 38.5 Å². The van der Waals surface area contributed by atoms with E-state index in [1.807, 2.05) is 7.05 Å². The molecule has 0 saturated heterocycles. The maximum absolute atomic E-state index is 3.47. The van der Waals surface area contributed by atoms with Gasteiger partial charge in [0.2, 0.25) is 0 Å². The lowest BCUT2D eigenvalue weighted by molar-refractivity contribution is 0.592. The zero-order valence-electron chi connectivity index (χ0n) is 10.2. The number of nitrogens with one attached hydrogen (secondary N) is 1. The summed E-state index contributed by atoms with van der Waals surface area (Å²) in [5.41, 5.74) is 2.68. The number of rotatable bonds is 4. The van der Waals surface area contributed by atoms with Crippen LogP contribution in [0.2, 0.25) is 0 Å². The highest BCUT2D eigenvalue weighted by molar-refractivity contribution is 14.1. The number of benzene rings is 2. The Morgan fingerprint density at radius 1 is 1.06 bits per heavy atom. The molecule has 0 aromatic heterocycles. The molecule has 0 fully saturated rings. The summed E-state index contributed by atoms with van der Waals surface area (Å²) < 4.78 is 2.40. The summed E-state index contributed by atoms with van der Waals surface area (Å²) in [6.45, 7) is 0. The number of likely N-dealkylation sites (N-methyl/N-ethyl adjacent to an activating group) is 1. The minimum atomic E-state index is 0.359. The van der Waals surface area contributed by atoms with Crippen LogP contribution in [0.4, 0.5) is 0 Å². The van der Waals surface area contributed by atoms with Crippen LogP contribution in [-0.4, -0.2) is 7.05 Å². The van der Waals surface area contributed by atoms with E-state index < -0.39 is 0 Å². The lowest BCUT2D eigenvalue weighted by Gasteiger charge is -2.17. The highest BCUT2D eigenvalue weighted by Gasteiger charge is 2.09. The normalized spacial score (nSPS) is 12.4. The Labute approximate surface area is 130 Å². The zero-order chi connectivity index (χ0) is 13.0. The minimum absolute atomic E-state index is 0.359. The molecule has 0 bridgehead atoms. The van der Waals surface area contributed by atoms with Crippen LogP contribution in [0.15, 0.2) is 53.0 Å². The average Bonchev–Trinajstić information content (AvgIpc) is 2.39. The maximum atomic E-state index is 3.47. The fourth-order valence-corrected chi connectivity index (χ4v) is 2.56. The molecule has 0 saturated carbocycles. The first-order valence-corrected chi connectivity index (χ1v) is 7.73. The second-order valence-electron chi connectivity index (χ2n) is 4.22. The van der Waals surface area contributed by atoms with Gasteiger partial charge in [-0.1, -0.05) is 40.2 Å². The SMILES string of the molecule is CNC(Cc1ccc(I)cc1)c1ccc(Br)cc1. The van der Waals surface area contributed by atoms with Crippen molar-refractivity contribution in [1.29, 1.82) is 0 Å². The van der Waals surface area contributed by atoms with E-state index in [9.17, 15) is 0 Å². The van der Waals surface area contributed by atoms with Crippen molar-refractivity contribution in [2.24, 2.45) is 0 Å². The fourth-order valence-electron chi connectivity index (χ4n) is 1.94. The Morgan fingerprint density at radius 3 is 2.22 bits per heavy atom. The van der Waals surface area contributed by atoms with Crippen LogP contribution >= 0.6 is 38.5 Å². The van der Waals surface area contributed by atoms with Crippen molar-refractivity contribution in [3.8, 4) is 0 Å². The van der Waals surface area contributed by atoms with E-state index in [2.05, 4.69) is 92.4 Å². The van der Waals surface area contributed by atoms with Crippen molar-refractivity contribution < 1.29 is 0 Å². The minimum Gasteiger partial charge on any atom is -0.313 e. The average molecular weight is 416 g/mol. The molecule has 0 aliphatic heterocycles. The first-order valence-electron chi connectivity index (χ1n) is 5.86. The lowest BCUT2D eigenvalue weighted by Crippen LogP contribution is -2.18. The van der Waals surface area contributed by atoms with Crippen molar-refractivity contribution in [3.63, 3.8) is 0 Å². The van der Waals surface area contributed by atoms with Crippen LogP contribution < -0.4 is 5.32 Å².